The number of carbonyl (C=O) groups excluding carboxylic acids is 1. The molecule has 0 spiro atoms. The second-order valence-corrected chi connectivity index (χ2v) is 4.62. The molecule has 21 heavy (non-hydrogen) atoms. The van der Waals surface area contributed by atoms with Gasteiger partial charge in [0, 0.05) is 16.5 Å². The Hall–Kier alpha value is -3.01. The summed E-state index contributed by atoms with van der Waals surface area (Å²) in [7, 11) is 0. The standard InChI is InChI=1S/C17H14N2O2/c20-16-11-5-8-13-14(16)9-4-10-15(13)19-17(21)18-12-6-2-1-3-7-12/h1-11,20H,(H2,18,19,21). The van der Waals surface area contributed by atoms with Gasteiger partial charge in [0.25, 0.3) is 0 Å². The molecule has 3 rings (SSSR count). The summed E-state index contributed by atoms with van der Waals surface area (Å²) in [5.74, 6) is 0.194. The van der Waals surface area contributed by atoms with Crippen LogP contribution in [0, 0.1) is 0 Å². The van der Waals surface area contributed by atoms with Crippen molar-refractivity contribution < 1.29 is 9.90 Å². The van der Waals surface area contributed by atoms with Crippen LogP contribution < -0.4 is 10.6 Å². The van der Waals surface area contributed by atoms with E-state index in [9.17, 15) is 9.90 Å². The zero-order valence-corrected chi connectivity index (χ0v) is 11.2. The number of carbonyl (C=O) groups is 1. The Labute approximate surface area is 122 Å². The van der Waals surface area contributed by atoms with Gasteiger partial charge >= 0.3 is 6.03 Å². The molecule has 4 nitrogen and oxygen atoms in total. The number of hydrogen-bond acceptors (Lipinski definition) is 2. The van der Waals surface area contributed by atoms with Gasteiger partial charge in [0.1, 0.15) is 5.75 Å². The number of anilines is 2. The quantitative estimate of drug-likeness (QED) is 0.658. The van der Waals surface area contributed by atoms with Crippen LogP contribution in [0.1, 0.15) is 0 Å². The Balaban J connectivity index is 1.85. The fourth-order valence-electron chi connectivity index (χ4n) is 2.21. The Morgan fingerprint density at radius 3 is 2.29 bits per heavy atom. The number of aromatic hydroxyl groups is 1. The molecule has 3 N–H and O–H groups in total. The van der Waals surface area contributed by atoms with E-state index in [1.54, 1.807) is 24.3 Å². The molecule has 4 heteroatoms. The highest BCUT2D eigenvalue weighted by Gasteiger charge is 2.07. The molecule has 0 aliphatic heterocycles. The van der Waals surface area contributed by atoms with E-state index in [4.69, 9.17) is 0 Å². The Bertz CT molecular complexity index is 785. The minimum atomic E-state index is -0.322. The number of para-hydroxylation sites is 1. The van der Waals surface area contributed by atoms with Gasteiger partial charge in [0.05, 0.1) is 5.69 Å². The van der Waals surface area contributed by atoms with Gasteiger partial charge in [-0.2, -0.15) is 0 Å². The van der Waals surface area contributed by atoms with Gasteiger partial charge in [0.2, 0.25) is 0 Å². The molecular formula is C17H14N2O2. The van der Waals surface area contributed by atoms with Crippen LogP contribution in [0.15, 0.2) is 66.7 Å². The number of rotatable bonds is 2. The van der Waals surface area contributed by atoms with Crippen molar-refractivity contribution in [2.45, 2.75) is 0 Å². The molecule has 0 heterocycles. The molecule has 104 valence electrons. The molecular weight excluding hydrogens is 264 g/mol. The predicted octanol–water partition coefficient (Wildman–Crippen LogP) is 4.19. The van der Waals surface area contributed by atoms with Crippen LogP contribution in [-0.4, -0.2) is 11.1 Å². The Morgan fingerprint density at radius 2 is 1.48 bits per heavy atom. The average Bonchev–Trinajstić information content (AvgIpc) is 2.49. The summed E-state index contributed by atoms with van der Waals surface area (Å²) in [5.41, 5.74) is 1.37. The first-order valence-electron chi connectivity index (χ1n) is 6.58. The summed E-state index contributed by atoms with van der Waals surface area (Å²) in [5, 5.41) is 16.9. The van der Waals surface area contributed by atoms with Crippen LogP contribution in [0.5, 0.6) is 5.75 Å². The smallest absolute Gasteiger partial charge is 0.323 e. The first kappa shape index (κ1) is 13.0. The zero-order chi connectivity index (χ0) is 14.7. The Kier molecular flexibility index (Phi) is 3.43. The fourth-order valence-corrected chi connectivity index (χ4v) is 2.21. The average molecular weight is 278 g/mol. The lowest BCUT2D eigenvalue weighted by molar-refractivity contribution is 0.262. The summed E-state index contributed by atoms with van der Waals surface area (Å²) in [6.07, 6.45) is 0. The molecule has 0 unspecified atom stereocenters. The number of benzene rings is 3. The molecule has 0 aliphatic rings. The minimum Gasteiger partial charge on any atom is -0.507 e. The van der Waals surface area contributed by atoms with Crippen LogP contribution in [0.3, 0.4) is 0 Å². The molecule has 0 bridgehead atoms. The third kappa shape index (κ3) is 2.79. The van der Waals surface area contributed by atoms with Crippen molar-refractivity contribution in [1.82, 2.24) is 0 Å². The lowest BCUT2D eigenvalue weighted by Crippen LogP contribution is -2.19. The second-order valence-electron chi connectivity index (χ2n) is 4.62. The van der Waals surface area contributed by atoms with E-state index in [-0.39, 0.29) is 11.8 Å². The second kappa shape index (κ2) is 5.54. The van der Waals surface area contributed by atoms with E-state index in [1.165, 1.54) is 0 Å². The van der Waals surface area contributed by atoms with E-state index in [1.807, 2.05) is 42.5 Å². The number of nitrogens with one attached hydrogen (secondary N) is 2. The number of urea groups is 1. The first-order valence-corrected chi connectivity index (χ1v) is 6.58. The van der Waals surface area contributed by atoms with Crippen molar-refractivity contribution >= 4 is 28.2 Å². The summed E-state index contributed by atoms with van der Waals surface area (Å²) in [6, 6.07) is 19.5. The van der Waals surface area contributed by atoms with Crippen molar-refractivity contribution in [1.29, 1.82) is 0 Å². The normalized spacial score (nSPS) is 10.3. The van der Waals surface area contributed by atoms with Crippen molar-refractivity contribution in [2.75, 3.05) is 10.6 Å². The summed E-state index contributed by atoms with van der Waals surface area (Å²) in [4.78, 5) is 12.0. The topological polar surface area (TPSA) is 61.4 Å². The van der Waals surface area contributed by atoms with E-state index in [2.05, 4.69) is 10.6 Å². The SMILES string of the molecule is O=C(Nc1ccccc1)Nc1cccc2c(O)cccc12. The number of phenols is 1. The third-order valence-corrected chi connectivity index (χ3v) is 3.18. The molecule has 0 atom stereocenters. The fraction of sp³-hybridized carbons (Fsp3) is 0. The summed E-state index contributed by atoms with van der Waals surface area (Å²) in [6.45, 7) is 0. The van der Waals surface area contributed by atoms with Gasteiger partial charge in [0.15, 0.2) is 0 Å². The van der Waals surface area contributed by atoms with Gasteiger partial charge in [-0.15, -0.1) is 0 Å². The lowest BCUT2D eigenvalue weighted by atomic mass is 10.1. The van der Waals surface area contributed by atoms with Crippen LogP contribution in [0.4, 0.5) is 16.2 Å². The highest BCUT2D eigenvalue weighted by atomic mass is 16.3. The maximum Gasteiger partial charge on any atom is 0.323 e. The molecule has 0 saturated carbocycles. The van der Waals surface area contributed by atoms with Gasteiger partial charge in [-0.1, -0.05) is 42.5 Å². The maximum absolute atomic E-state index is 12.0. The summed E-state index contributed by atoms with van der Waals surface area (Å²) >= 11 is 0. The number of fused-ring (bicyclic) bond motifs is 1. The number of phenolic OH excluding ortho intramolecular Hbond substituents is 1. The van der Waals surface area contributed by atoms with Crippen molar-refractivity contribution in [2.24, 2.45) is 0 Å². The van der Waals surface area contributed by atoms with Crippen molar-refractivity contribution in [3.8, 4) is 5.75 Å². The monoisotopic (exact) mass is 278 g/mol. The van der Waals surface area contributed by atoms with Gasteiger partial charge in [-0.3, -0.25) is 0 Å². The van der Waals surface area contributed by atoms with Gasteiger partial charge < -0.3 is 15.7 Å². The third-order valence-electron chi connectivity index (χ3n) is 3.18. The Morgan fingerprint density at radius 1 is 0.762 bits per heavy atom. The molecule has 3 aromatic carbocycles. The molecule has 2 amide bonds. The van der Waals surface area contributed by atoms with Gasteiger partial charge in [-0.05, 0) is 24.3 Å². The number of amides is 2. The molecule has 0 radical (unpaired) electrons. The maximum atomic E-state index is 12.0. The molecule has 3 aromatic rings. The van der Waals surface area contributed by atoms with Crippen molar-refractivity contribution in [3.63, 3.8) is 0 Å². The summed E-state index contributed by atoms with van der Waals surface area (Å²) < 4.78 is 0. The molecule has 0 aromatic heterocycles. The van der Waals surface area contributed by atoms with Crippen molar-refractivity contribution in [3.05, 3.63) is 66.7 Å². The van der Waals surface area contributed by atoms with E-state index in [0.29, 0.717) is 11.1 Å². The lowest BCUT2D eigenvalue weighted by Gasteiger charge is -2.10. The highest BCUT2D eigenvalue weighted by molar-refractivity contribution is 6.07. The minimum absolute atomic E-state index is 0.194. The van der Waals surface area contributed by atoms with Gasteiger partial charge in [-0.25, -0.2) is 4.79 Å². The van der Waals surface area contributed by atoms with Crippen LogP contribution in [-0.2, 0) is 0 Å². The molecule has 0 fully saturated rings. The highest BCUT2D eigenvalue weighted by Crippen LogP contribution is 2.29. The van der Waals surface area contributed by atoms with Crippen LogP contribution >= 0.6 is 0 Å². The molecule has 0 saturated heterocycles. The first-order chi connectivity index (χ1) is 10.2. The van der Waals surface area contributed by atoms with E-state index >= 15 is 0 Å². The molecule has 0 aliphatic carbocycles. The van der Waals surface area contributed by atoms with E-state index in [0.717, 1.165) is 11.1 Å². The van der Waals surface area contributed by atoms with E-state index < -0.39 is 0 Å². The zero-order valence-electron chi connectivity index (χ0n) is 11.2. The number of hydrogen-bond donors (Lipinski definition) is 3. The largest absolute Gasteiger partial charge is 0.507 e. The van der Waals surface area contributed by atoms with Crippen LogP contribution in [0.2, 0.25) is 0 Å². The van der Waals surface area contributed by atoms with Crippen LogP contribution in [0.25, 0.3) is 10.8 Å². The predicted molar refractivity (Wildman–Crippen MR) is 84.7 cm³/mol.